The first-order valence-electron chi connectivity index (χ1n) is 9.94. The quantitative estimate of drug-likeness (QED) is 0.437. The van der Waals surface area contributed by atoms with Crippen LogP contribution >= 0.6 is 11.8 Å². The van der Waals surface area contributed by atoms with Gasteiger partial charge in [0.15, 0.2) is 11.0 Å². The molecular weight excluding hydrogens is 406 g/mol. The van der Waals surface area contributed by atoms with Gasteiger partial charge in [0.25, 0.3) is 0 Å². The fourth-order valence-electron chi connectivity index (χ4n) is 3.11. The molecule has 156 valence electrons. The van der Waals surface area contributed by atoms with Crippen LogP contribution in [0.3, 0.4) is 0 Å². The Morgan fingerprint density at radius 3 is 2.39 bits per heavy atom. The van der Waals surface area contributed by atoms with Crippen molar-refractivity contribution in [2.24, 2.45) is 0 Å². The average Bonchev–Trinajstić information content (AvgIpc) is 3.20. The molecule has 0 aliphatic rings. The maximum atomic E-state index is 12.5. The van der Waals surface area contributed by atoms with Crippen molar-refractivity contribution >= 4 is 23.4 Å². The highest BCUT2D eigenvalue weighted by Gasteiger charge is 2.18. The molecule has 0 fully saturated rings. The van der Waals surface area contributed by atoms with Crippen LogP contribution in [0.4, 0.5) is 5.69 Å². The van der Waals surface area contributed by atoms with E-state index in [0.29, 0.717) is 11.0 Å². The van der Waals surface area contributed by atoms with Crippen LogP contribution in [0.1, 0.15) is 16.7 Å². The second-order valence-corrected chi connectivity index (χ2v) is 8.29. The normalized spacial score (nSPS) is 10.8. The summed E-state index contributed by atoms with van der Waals surface area (Å²) in [5.41, 5.74) is 6.20. The monoisotopic (exact) mass is 429 g/mol. The van der Waals surface area contributed by atoms with Crippen LogP contribution < -0.4 is 5.32 Å². The van der Waals surface area contributed by atoms with Crippen molar-refractivity contribution in [3.05, 3.63) is 83.7 Å². The van der Waals surface area contributed by atoms with Crippen molar-refractivity contribution in [2.45, 2.75) is 25.9 Å². The van der Waals surface area contributed by atoms with Gasteiger partial charge in [-0.3, -0.25) is 14.3 Å². The number of carbonyl (C=O) groups is 1. The largest absolute Gasteiger partial charge is 0.325 e. The Labute approximate surface area is 185 Å². The van der Waals surface area contributed by atoms with Crippen molar-refractivity contribution < 1.29 is 4.79 Å². The van der Waals surface area contributed by atoms with Crippen LogP contribution in [0.2, 0.25) is 0 Å². The Morgan fingerprint density at radius 2 is 1.68 bits per heavy atom. The van der Waals surface area contributed by atoms with Gasteiger partial charge in [-0.1, -0.05) is 35.5 Å². The molecule has 1 amide bonds. The molecule has 0 spiro atoms. The minimum absolute atomic E-state index is 0.0889. The third kappa shape index (κ3) is 4.83. The third-order valence-corrected chi connectivity index (χ3v) is 5.92. The number of aromatic nitrogens is 4. The van der Waals surface area contributed by atoms with Gasteiger partial charge in [-0.2, -0.15) is 0 Å². The van der Waals surface area contributed by atoms with Crippen molar-refractivity contribution in [2.75, 3.05) is 11.1 Å². The van der Waals surface area contributed by atoms with Crippen LogP contribution in [0.15, 0.2) is 72.1 Å². The number of pyridine rings is 1. The van der Waals surface area contributed by atoms with E-state index in [1.54, 1.807) is 12.4 Å². The van der Waals surface area contributed by atoms with Crippen LogP contribution in [0.5, 0.6) is 0 Å². The lowest BCUT2D eigenvalue weighted by Crippen LogP contribution is -2.14. The van der Waals surface area contributed by atoms with E-state index in [2.05, 4.69) is 46.5 Å². The summed E-state index contributed by atoms with van der Waals surface area (Å²) in [7, 11) is 0. The first-order chi connectivity index (χ1) is 15.0. The number of nitrogens with zero attached hydrogens (tertiary/aromatic N) is 4. The van der Waals surface area contributed by atoms with E-state index in [1.807, 2.05) is 54.0 Å². The summed E-state index contributed by atoms with van der Waals surface area (Å²) >= 11 is 1.36. The maximum Gasteiger partial charge on any atom is 0.234 e. The predicted octanol–water partition coefficient (Wildman–Crippen LogP) is 4.99. The van der Waals surface area contributed by atoms with Crippen LogP contribution in [-0.2, 0) is 4.79 Å². The van der Waals surface area contributed by atoms with Crippen LogP contribution in [-0.4, -0.2) is 31.4 Å². The number of anilines is 1. The van der Waals surface area contributed by atoms with Gasteiger partial charge in [0.1, 0.15) is 0 Å². The SMILES string of the molecule is Cc1ccc(NC(=O)CSc2nnc(-c3ccncc3)n2-c2ccc(C)c(C)c2)cc1. The molecule has 0 saturated carbocycles. The lowest BCUT2D eigenvalue weighted by Gasteiger charge is -2.12. The van der Waals surface area contributed by atoms with Crippen molar-refractivity contribution in [1.82, 2.24) is 19.7 Å². The van der Waals surface area contributed by atoms with Crippen molar-refractivity contribution in [3.63, 3.8) is 0 Å². The number of carbonyl (C=O) groups excluding carboxylic acids is 1. The zero-order chi connectivity index (χ0) is 21.8. The first-order valence-corrected chi connectivity index (χ1v) is 10.9. The van der Waals surface area contributed by atoms with Gasteiger partial charge in [0, 0.05) is 23.6 Å². The molecule has 6 nitrogen and oxygen atoms in total. The molecule has 4 aromatic rings. The molecule has 31 heavy (non-hydrogen) atoms. The van der Waals surface area contributed by atoms with Gasteiger partial charge >= 0.3 is 0 Å². The van der Waals surface area contributed by atoms with Crippen LogP contribution in [0, 0.1) is 20.8 Å². The Bertz CT molecular complexity index is 1200. The number of rotatable bonds is 6. The van der Waals surface area contributed by atoms with Crippen molar-refractivity contribution in [3.8, 4) is 17.1 Å². The second kappa shape index (κ2) is 9.14. The predicted molar refractivity (Wildman–Crippen MR) is 125 cm³/mol. The molecule has 0 radical (unpaired) electrons. The molecule has 0 atom stereocenters. The number of benzene rings is 2. The number of hydrogen-bond donors (Lipinski definition) is 1. The lowest BCUT2D eigenvalue weighted by atomic mass is 10.1. The first kappa shape index (κ1) is 20.8. The van der Waals surface area contributed by atoms with Gasteiger partial charge in [-0.25, -0.2) is 0 Å². The molecule has 2 aromatic carbocycles. The van der Waals surface area contributed by atoms with E-state index in [4.69, 9.17) is 0 Å². The van der Waals surface area contributed by atoms with E-state index >= 15 is 0 Å². The van der Waals surface area contributed by atoms with E-state index in [9.17, 15) is 4.79 Å². The summed E-state index contributed by atoms with van der Waals surface area (Å²) in [4.78, 5) is 16.6. The molecular formula is C24H23N5OS. The molecule has 0 aliphatic heterocycles. The lowest BCUT2D eigenvalue weighted by molar-refractivity contribution is -0.113. The average molecular weight is 430 g/mol. The summed E-state index contributed by atoms with van der Waals surface area (Å²) in [5.74, 6) is 0.855. The summed E-state index contributed by atoms with van der Waals surface area (Å²) in [5, 5.41) is 12.4. The standard InChI is InChI=1S/C24H23N5OS/c1-16-4-7-20(8-5-16)26-22(30)15-31-24-28-27-23(19-10-12-25-13-11-19)29(24)21-9-6-17(2)18(3)14-21/h4-14H,15H2,1-3H3,(H,26,30). The highest BCUT2D eigenvalue weighted by molar-refractivity contribution is 7.99. The topological polar surface area (TPSA) is 72.7 Å². The van der Waals surface area contributed by atoms with E-state index < -0.39 is 0 Å². The smallest absolute Gasteiger partial charge is 0.234 e. The van der Waals surface area contributed by atoms with E-state index in [0.717, 1.165) is 22.5 Å². The van der Waals surface area contributed by atoms with Gasteiger partial charge < -0.3 is 5.32 Å². The number of hydrogen-bond acceptors (Lipinski definition) is 5. The summed E-state index contributed by atoms with van der Waals surface area (Å²) in [6.07, 6.45) is 3.47. The molecule has 2 aromatic heterocycles. The molecule has 2 heterocycles. The molecule has 1 N–H and O–H groups in total. The summed E-state index contributed by atoms with van der Waals surface area (Å²) in [6.45, 7) is 6.18. The molecule has 0 unspecified atom stereocenters. The molecule has 0 saturated heterocycles. The van der Waals surface area contributed by atoms with Gasteiger partial charge in [-0.05, 0) is 68.3 Å². The number of thioether (sulfide) groups is 1. The zero-order valence-electron chi connectivity index (χ0n) is 17.7. The summed E-state index contributed by atoms with van der Waals surface area (Å²) in [6, 6.07) is 17.8. The van der Waals surface area contributed by atoms with E-state index in [-0.39, 0.29) is 11.7 Å². The molecule has 4 rings (SSSR count). The fraction of sp³-hybridized carbons (Fsp3) is 0.167. The molecule has 0 aliphatic carbocycles. The van der Waals surface area contributed by atoms with Gasteiger partial charge in [0.05, 0.1) is 11.4 Å². The Kier molecular flexibility index (Phi) is 6.13. The Morgan fingerprint density at radius 1 is 0.935 bits per heavy atom. The number of aryl methyl sites for hydroxylation is 3. The van der Waals surface area contributed by atoms with Gasteiger partial charge in [0.2, 0.25) is 5.91 Å². The maximum absolute atomic E-state index is 12.5. The van der Waals surface area contributed by atoms with Crippen LogP contribution in [0.25, 0.3) is 17.1 Å². The Hall–Kier alpha value is -3.45. The molecule has 0 bridgehead atoms. The fourth-order valence-corrected chi connectivity index (χ4v) is 3.86. The number of nitrogens with one attached hydrogen (secondary N) is 1. The minimum atomic E-state index is -0.0889. The zero-order valence-corrected chi connectivity index (χ0v) is 18.5. The summed E-state index contributed by atoms with van der Waals surface area (Å²) < 4.78 is 1.99. The Balaban J connectivity index is 1.61. The van der Waals surface area contributed by atoms with Crippen molar-refractivity contribution in [1.29, 1.82) is 0 Å². The minimum Gasteiger partial charge on any atom is -0.325 e. The number of amides is 1. The van der Waals surface area contributed by atoms with Gasteiger partial charge in [-0.15, -0.1) is 10.2 Å². The molecule has 7 heteroatoms. The second-order valence-electron chi connectivity index (χ2n) is 7.35. The highest BCUT2D eigenvalue weighted by atomic mass is 32.2. The third-order valence-electron chi connectivity index (χ3n) is 4.99. The van der Waals surface area contributed by atoms with E-state index in [1.165, 1.54) is 22.9 Å². The highest BCUT2D eigenvalue weighted by Crippen LogP contribution is 2.28.